The lowest BCUT2D eigenvalue weighted by atomic mass is 9.97. The summed E-state index contributed by atoms with van der Waals surface area (Å²) in [6.07, 6.45) is 0.164. The molecule has 7 heteroatoms. The van der Waals surface area contributed by atoms with Crippen molar-refractivity contribution in [2.75, 3.05) is 13.1 Å². The average Bonchev–Trinajstić information content (AvgIpc) is 3.10. The third-order valence-electron chi connectivity index (χ3n) is 3.48. The molecule has 0 bridgehead atoms. The second kappa shape index (κ2) is 5.47. The molecule has 0 aromatic heterocycles. The number of rotatable bonds is 5. The Morgan fingerprint density at radius 1 is 1.45 bits per heavy atom. The Labute approximate surface area is 114 Å². The number of carboxylic acid groups (broad SMARTS) is 1. The van der Waals surface area contributed by atoms with Crippen molar-refractivity contribution >= 4 is 5.97 Å². The van der Waals surface area contributed by atoms with Crippen LogP contribution in [0, 0.1) is 5.92 Å². The fraction of sp³-hybridized carbons (Fsp3) is 0.615. The highest BCUT2D eigenvalue weighted by molar-refractivity contribution is 5.69. The lowest BCUT2D eigenvalue weighted by Crippen LogP contribution is -2.37. The van der Waals surface area contributed by atoms with Gasteiger partial charge in [0.2, 0.25) is 0 Å². The van der Waals surface area contributed by atoms with Crippen molar-refractivity contribution in [1.82, 2.24) is 4.90 Å². The number of alkyl halides is 3. The Balaban J connectivity index is 2.19. The standard InChI is InChI=1S/C13H17F3N2O2/c14-13(15,16)10-5-9(3-4-11(10)17)18(7-12(19)20)6-8-1-2-8/h3,5,8,11H,1-2,4,6-7,17H2,(H,19,20). The summed E-state index contributed by atoms with van der Waals surface area (Å²) in [5.41, 5.74) is 5.00. The molecule has 0 amide bonds. The van der Waals surface area contributed by atoms with Gasteiger partial charge in [0.05, 0.1) is 5.57 Å². The van der Waals surface area contributed by atoms with E-state index in [1.54, 1.807) is 6.08 Å². The second-order valence-corrected chi connectivity index (χ2v) is 5.29. The van der Waals surface area contributed by atoms with Crippen LogP contribution in [0.2, 0.25) is 0 Å². The summed E-state index contributed by atoms with van der Waals surface area (Å²) in [6, 6.07) is -1.08. The van der Waals surface area contributed by atoms with Gasteiger partial charge in [0.1, 0.15) is 6.54 Å². The van der Waals surface area contributed by atoms with E-state index in [2.05, 4.69) is 0 Å². The zero-order valence-electron chi connectivity index (χ0n) is 10.9. The van der Waals surface area contributed by atoms with Gasteiger partial charge >= 0.3 is 12.1 Å². The van der Waals surface area contributed by atoms with Gasteiger partial charge in [-0.05, 0) is 31.3 Å². The summed E-state index contributed by atoms with van der Waals surface area (Å²) in [5.74, 6) is -0.669. The molecule has 112 valence electrons. The molecule has 0 aliphatic heterocycles. The number of hydrogen-bond donors (Lipinski definition) is 2. The number of nitrogens with two attached hydrogens (primary N) is 1. The molecule has 0 radical (unpaired) electrons. The third-order valence-corrected chi connectivity index (χ3v) is 3.48. The Hall–Kier alpha value is -1.50. The molecule has 1 atom stereocenters. The first-order chi connectivity index (χ1) is 9.27. The van der Waals surface area contributed by atoms with Gasteiger partial charge < -0.3 is 15.7 Å². The van der Waals surface area contributed by atoms with E-state index >= 15 is 0 Å². The van der Waals surface area contributed by atoms with Crippen molar-refractivity contribution in [1.29, 1.82) is 0 Å². The number of allylic oxidation sites excluding steroid dienone is 1. The first-order valence-corrected chi connectivity index (χ1v) is 6.48. The van der Waals surface area contributed by atoms with Gasteiger partial charge in [-0.2, -0.15) is 13.2 Å². The number of hydrogen-bond acceptors (Lipinski definition) is 3. The number of carboxylic acids is 1. The summed E-state index contributed by atoms with van der Waals surface area (Å²) >= 11 is 0. The maximum Gasteiger partial charge on any atom is 0.414 e. The van der Waals surface area contributed by atoms with E-state index in [0.717, 1.165) is 18.9 Å². The van der Waals surface area contributed by atoms with Crippen LogP contribution in [-0.2, 0) is 4.79 Å². The second-order valence-electron chi connectivity index (χ2n) is 5.29. The molecular formula is C13H17F3N2O2. The highest BCUT2D eigenvalue weighted by Gasteiger charge is 2.39. The molecule has 0 heterocycles. The molecule has 4 nitrogen and oxygen atoms in total. The Morgan fingerprint density at radius 2 is 2.10 bits per heavy atom. The molecule has 0 saturated heterocycles. The maximum absolute atomic E-state index is 12.9. The molecule has 2 rings (SSSR count). The van der Waals surface area contributed by atoms with Gasteiger partial charge in [0.15, 0.2) is 0 Å². The van der Waals surface area contributed by atoms with Gasteiger partial charge in [-0.15, -0.1) is 0 Å². The van der Waals surface area contributed by atoms with E-state index in [1.165, 1.54) is 4.90 Å². The molecule has 1 unspecified atom stereocenters. The van der Waals surface area contributed by atoms with E-state index in [-0.39, 0.29) is 13.0 Å². The normalized spacial score (nSPS) is 23.1. The zero-order valence-corrected chi connectivity index (χ0v) is 10.9. The van der Waals surface area contributed by atoms with Crippen molar-refractivity contribution in [2.45, 2.75) is 31.5 Å². The predicted molar refractivity (Wildman–Crippen MR) is 66.7 cm³/mol. The summed E-state index contributed by atoms with van der Waals surface area (Å²) in [4.78, 5) is 12.4. The van der Waals surface area contributed by atoms with Crippen LogP contribution in [0.3, 0.4) is 0 Å². The van der Waals surface area contributed by atoms with Gasteiger partial charge in [-0.25, -0.2) is 0 Å². The minimum Gasteiger partial charge on any atom is -0.480 e. The molecule has 1 saturated carbocycles. The van der Waals surface area contributed by atoms with Gasteiger partial charge in [-0.3, -0.25) is 4.79 Å². The molecule has 0 spiro atoms. The van der Waals surface area contributed by atoms with Crippen molar-refractivity contribution in [3.8, 4) is 0 Å². The molecular weight excluding hydrogens is 273 g/mol. The van der Waals surface area contributed by atoms with Crippen molar-refractivity contribution < 1.29 is 23.1 Å². The van der Waals surface area contributed by atoms with E-state index in [1.807, 2.05) is 0 Å². The number of nitrogens with zero attached hydrogens (tertiary/aromatic N) is 1. The SMILES string of the molecule is NC1CC=C(N(CC(=O)O)CC2CC2)C=C1C(F)(F)F. The van der Waals surface area contributed by atoms with Crippen LogP contribution in [0.25, 0.3) is 0 Å². The van der Waals surface area contributed by atoms with E-state index in [0.29, 0.717) is 18.2 Å². The summed E-state index contributed by atoms with van der Waals surface area (Å²) in [6.45, 7) is 0.189. The zero-order chi connectivity index (χ0) is 14.9. The fourth-order valence-corrected chi connectivity index (χ4v) is 2.25. The first-order valence-electron chi connectivity index (χ1n) is 6.48. The van der Waals surface area contributed by atoms with Crippen LogP contribution >= 0.6 is 0 Å². The van der Waals surface area contributed by atoms with Gasteiger partial charge in [-0.1, -0.05) is 6.08 Å². The predicted octanol–water partition coefficient (Wildman–Crippen LogP) is 1.89. The van der Waals surface area contributed by atoms with Crippen molar-refractivity contribution in [3.05, 3.63) is 23.4 Å². The number of halogens is 3. The fourth-order valence-electron chi connectivity index (χ4n) is 2.25. The molecule has 2 aliphatic rings. The Morgan fingerprint density at radius 3 is 2.60 bits per heavy atom. The molecule has 3 N–H and O–H groups in total. The largest absolute Gasteiger partial charge is 0.480 e. The monoisotopic (exact) mass is 290 g/mol. The molecule has 0 aromatic carbocycles. The molecule has 2 aliphatic carbocycles. The smallest absolute Gasteiger partial charge is 0.414 e. The summed E-state index contributed by atoms with van der Waals surface area (Å²) in [7, 11) is 0. The van der Waals surface area contributed by atoms with Crippen LogP contribution in [-0.4, -0.2) is 41.3 Å². The van der Waals surface area contributed by atoms with E-state index in [9.17, 15) is 18.0 Å². The van der Waals surface area contributed by atoms with Crippen LogP contribution in [0.1, 0.15) is 19.3 Å². The van der Waals surface area contributed by atoms with Crippen LogP contribution in [0.5, 0.6) is 0 Å². The van der Waals surface area contributed by atoms with Crippen molar-refractivity contribution in [2.24, 2.45) is 11.7 Å². The van der Waals surface area contributed by atoms with Crippen LogP contribution in [0.4, 0.5) is 13.2 Å². The lowest BCUT2D eigenvalue weighted by Gasteiger charge is -2.29. The molecule has 20 heavy (non-hydrogen) atoms. The number of carbonyl (C=O) groups is 1. The minimum absolute atomic E-state index is 0.0709. The van der Waals surface area contributed by atoms with Gasteiger partial charge in [0.25, 0.3) is 0 Å². The molecule has 1 fully saturated rings. The van der Waals surface area contributed by atoms with E-state index < -0.39 is 23.8 Å². The van der Waals surface area contributed by atoms with E-state index in [4.69, 9.17) is 10.8 Å². The highest BCUT2D eigenvalue weighted by atomic mass is 19.4. The minimum atomic E-state index is -4.48. The lowest BCUT2D eigenvalue weighted by molar-refractivity contribution is -0.137. The highest BCUT2D eigenvalue weighted by Crippen LogP contribution is 2.35. The molecule has 0 aromatic rings. The quantitative estimate of drug-likeness (QED) is 0.811. The summed E-state index contributed by atoms with van der Waals surface area (Å²) < 4.78 is 38.6. The van der Waals surface area contributed by atoms with Crippen LogP contribution in [0.15, 0.2) is 23.4 Å². The first kappa shape index (κ1) is 14.9. The van der Waals surface area contributed by atoms with Gasteiger partial charge in [0, 0.05) is 18.3 Å². The third kappa shape index (κ3) is 3.75. The Kier molecular flexibility index (Phi) is 4.08. The Bertz CT molecular complexity index is 453. The topological polar surface area (TPSA) is 66.6 Å². The summed E-state index contributed by atoms with van der Waals surface area (Å²) in [5, 5.41) is 8.89. The van der Waals surface area contributed by atoms with Crippen LogP contribution < -0.4 is 5.73 Å². The number of aliphatic carboxylic acids is 1. The maximum atomic E-state index is 12.9. The van der Waals surface area contributed by atoms with Crippen molar-refractivity contribution in [3.63, 3.8) is 0 Å². The average molecular weight is 290 g/mol.